The minimum Gasteiger partial charge on any atom is -0.396 e. The molecule has 0 aromatic heterocycles. The number of nitrogens with zero attached hydrogens (tertiary/aromatic N) is 3. The number of piperidine rings is 1. The predicted molar refractivity (Wildman–Crippen MR) is 121 cm³/mol. The molecule has 0 bridgehead atoms. The maximum atomic E-state index is 9.28. The molecule has 1 fully saturated rings. The molecule has 140 valence electrons. The molecule has 5 heteroatoms. The molecule has 0 radical (unpaired) electrons. The van der Waals surface area contributed by atoms with Gasteiger partial charge >= 0.3 is 0 Å². The third kappa shape index (κ3) is 4.41. The lowest BCUT2D eigenvalue weighted by molar-refractivity contribution is 0.203. The van der Waals surface area contributed by atoms with E-state index in [0.717, 1.165) is 38.2 Å². The summed E-state index contributed by atoms with van der Waals surface area (Å²) in [7, 11) is 0. The number of aliphatic imine (C=N–C) groups is 2. The molecule has 0 amide bonds. The van der Waals surface area contributed by atoms with Crippen LogP contribution < -0.4 is 4.90 Å². The second kappa shape index (κ2) is 8.52. The van der Waals surface area contributed by atoms with E-state index in [1.165, 1.54) is 20.4 Å². The molecule has 0 saturated carbocycles. The Morgan fingerprint density at radius 2 is 1.93 bits per heavy atom. The van der Waals surface area contributed by atoms with Crippen LogP contribution in [0.1, 0.15) is 29.9 Å². The fourth-order valence-corrected chi connectivity index (χ4v) is 4.29. The largest absolute Gasteiger partial charge is 0.396 e. The molecule has 2 aliphatic heterocycles. The molecular formula is C22H24IN3O. The standard InChI is InChI=1S/C22H24IN3O/c23-19-2-1-17-12-24-13-18(22(17)11-19)14-25-20-3-5-21(6-4-20)26-9-7-16(15-27)8-10-26/h1-6,11,13-14,16,18,27H,7-10,12,15H2. The molecule has 2 aromatic carbocycles. The molecule has 1 atom stereocenters. The van der Waals surface area contributed by atoms with Crippen molar-refractivity contribution in [3.8, 4) is 0 Å². The summed E-state index contributed by atoms with van der Waals surface area (Å²) in [6.45, 7) is 3.11. The van der Waals surface area contributed by atoms with E-state index in [1.807, 2.05) is 12.4 Å². The van der Waals surface area contributed by atoms with Gasteiger partial charge in [0, 0.05) is 41.4 Å². The molecule has 0 aliphatic carbocycles. The number of aliphatic hydroxyl groups is 1. The quantitative estimate of drug-likeness (QED) is 0.523. The highest BCUT2D eigenvalue weighted by Gasteiger charge is 2.19. The summed E-state index contributed by atoms with van der Waals surface area (Å²) >= 11 is 2.36. The van der Waals surface area contributed by atoms with Gasteiger partial charge in [-0.15, -0.1) is 0 Å². The molecular weight excluding hydrogens is 449 g/mol. The van der Waals surface area contributed by atoms with E-state index >= 15 is 0 Å². The zero-order valence-electron chi connectivity index (χ0n) is 15.3. The third-order valence-electron chi connectivity index (χ3n) is 5.47. The van der Waals surface area contributed by atoms with Gasteiger partial charge in [0.2, 0.25) is 0 Å². The highest BCUT2D eigenvalue weighted by Crippen LogP contribution is 2.27. The number of anilines is 1. The fraction of sp³-hybridized carbons (Fsp3) is 0.364. The van der Waals surface area contributed by atoms with Crippen LogP contribution in [0, 0.1) is 9.49 Å². The van der Waals surface area contributed by atoms with E-state index in [9.17, 15) is 5.11 Å². The molecule has 0 spiro atoms. The van der Waals surface area contributed by atoms with Gasteiger partial charge in [-0.05, 0) is 88.9 Å². The molecule has 27 heavy (non-hydrogen) atoms. The van der Waals surface area contributed by atoms with Crippen molar-refractivity contribution in [3.63, 3.8) is 0 Å². The van der Waals surface area contributed by atoms with Crippen LogP contribution >= 0.6 is 22.6 Å². The van der Waals surface area contributed by atoms with Crippen molar-refractivity contribution in [3.05, 3.63) is 57.2 Å². The zero-order chi connectivity index (χ0) is 18.6. The summed E-state index contributed by atoms with van der Waals surface area (Å²) in [4.78, 5) is 11.6. The zero-order valence-corrected chi connectivity index (χ0v) is 17.4. The average Bonchev–Trinajstić information content (AvgIpc) is 2.73. The van der Waals surface area contributed by atoms with Crippen LogP contribution in [0.3, 0.4) is 0 Å². The van der Waals surface area contributed by atoms with Crippen LogP contribution in [-0.4, -0.2) is 37.2 Å². The number of hydrogen-bond acceptors (Lipinski definition) is 4. The van der Waals surface area contributed by atoms with Crippen LogP contribution in [0.5, 0.6) is 0 Å². The highest BCUT2D eigenvalue weighted by molar-refractivity contribution is 14.1. The van der Waals surface area contributed by atoms with Crippen molar-refractivity contribution in [2.45, 2.75) is 25.3 Å². The number of hydrogen-bond donors (Lipinski definition) is 1. The van der Waals surface area contributed by atoms with Crippen LogP contribution in [0.4, 0.5) is 11.4 Å². The van der Waals surface area contributed by atoms with Gasteiger partial charge in [0.15, 0.2) is 0 Å². The highest BCUT2D eigenvalue weighted by atomic mass is 127. The minimum absolute atomic E-state index is 0.139. The van der Waals surface area contributed by atoms with Crippen LogP contribution in [0.25, 0.3) is 0 Å². The Morgan fingerprint density at radius 1 is 1.15 bits per heavy atom. The van der Waals surface area contributed by atoms with Crippen LogP contribution in [-0.2, 0) is 6.54 Å². The van der Waals surface area contributed by atoms with Crippen molar-refractivity contribution in [2.24, 2.45) is 15.9 Å². The van der Waals surface area contributed by atoms with Gasteiger partial charge < -0.3 is 10.0 Å². The first-order valence-electron chi connectivity index (χ1n) is 9.51. The van der Waals surface area contributed by atoms with E-state index in [2.05, 4.69) is 74.9 Å². The fourth-order valence-electron chi connectivity index (χ4n) is 3.77. The number of aliphatic hydroxyl groups excluding tert-OH is 1. The van der Waals surface area contributed by atoms with Crippen LogP contribution in [0.2, 0.25) is 0 Å². The maximum Gasteiger partial charge on any atom is 0.0639 e. The predicted octanol–water partition coefficient (Wildman–Crippen LogP) is 4.57. The summed E-state index contributed by atoms with van der Waals surface area (Å²) in [6, 6.07) is 15.0. The molecule has 1 unspecified atom stereocenters. The molecule has 1 saturated heterocycles. The summed E-state index contributed by atoms with van der Waals surface area (Å²) in [5.74, 6) is 0.605. The van der Waals surface area contributed by atoms with Gasteiger partial charge in [0.1, 0.15) is 0 Å². The lowest BCUT2D eigenvalue weighted by Crippen LogP contribution is -2.34. The van der Waals surface area contributed by atoms with Gasteiger partial charge in [0.05, 0.1) is 18.2 Å². The first-order valence-corrected chi connectivity index (χ1v) is 10.6. The molecule has 2 heterocycles. The molecule has 2 aromatic rings. The third-order valence-corrected chi connectivity index (χ3v) is 6.14. The van der Waals surface area contributed by atoms with Crippen molar-refractivity contribution in [2.75, 3.05) is 24.6 Å². The Morgan fingerprint density at radius 3 is 2.67 bits per heavy atom. The van der Waals surface area contributed by atoms with Gasteiger partial charge in [-0.25, -0.2) is 0 Å². The van der Waals surface area contributed by atoms with E-state index in [0.29, 0.717) is 12.5 Å². The molecule has 2 aliphatic rings. The summed E-state index contributed by atoms with van der Waals surface area (Å²) < 4.78 is 1.24. The monoisotopic (exact) mass is 473 g/mol. The number of fused-ring (bicyclic) bond motifs is 1. The smallest absolute Gasteiger partial charge is 0.0639 e. The Labute approximate surface area is 174 Å². The molecule has 4 rings (SSSR count). The van der Waals surface area contributed by atoms with Crippen molar-refractivity contribution >= 4 is 46.4 Å². The van der Waals surface area contributed by atoms with Crippen molar-refractivity contribution in [1.29, 1.82) is 0 Å². The Balaban J connectivity index is 1.44. The second-order valence-corrected chi connectivity index (χ2v) is 8.51. The van der Waals surface area contributed by atoms with Gasteiger partial charge in [-0.3, -0.25) is 9.98 Å². The number of benzene rings is 2. The van der Waals surface area contributed by atoms with E-state index < -0.39 is 0 Å². The normalized spacial score (nSPS) is 20.2. The number of rotatable bonds is 4. The lowest BCUT2D eigenvalue weighted by atomic mass is 9.94. The Bertz CT molecular complexity index is 839. The van der Waals surface area contributed by atoms with E-state index in [-0.39, 0.29) is 5.92 Å². The van der Waals surface area contributed by atoms with E-state index in [4.69, 9.17) is 4.99 Å². The van der Waals surface area contributed by atoms with Gasteiger partial charge in [-0.2, -0.15) is 0 Å². The first kappa shape index (κ1) is 18.6. The van der Waals surface area contributed by atoms with Gasteiger partial charge in [-0.1, -0.05) is 6.07 Å². The van der Waals surface area contributed by atoms with Gasteiger partial charge in [0.25, 0.3) is 0 Å². The average molecular weight is 473 g/mol. The van der Waals surface area contributed by atoms with Crippen molar-refractivity contribution in [1.82, 2.24) is 0 Å². The number of halogens is 1. The Kier molecular flexibility index (Phi) is 5.88. The van der Waals surface area contributed by atoms with Crippen LogP contribution in [0.15, 0.2) is 52.4 Å². The lowest BCUT2D eigenvalue weighted by Gasteiger charge is -2.32. The van der Waals surface area contributed by atoms with Crippen molar-refractivity contribution < 1.29 is 5.11 Å². The molecule has 4 nitrogen and oxygen atoms in total. The second-order valence-electron chi connectivity index (χ2n) is 7.27. The molecule has 1 N–H and O–H groups in total. The summed E-state index contributed by atoms with van der Waals surface area (Å²) in [5.41, 5.74) is 4.81. The topological polar surface area (TPSA) is 48.2 Å². The summed E-state index contributed by atoms with van der Waals surface area (Å²) in [5, 5.41) is 9.28. The maximum absolute atomic E-state index is 9.28. The summed E-state index contributed by atoms with van der Waals surface area (Å²) in [6.07, 6.45) is 6.13. The SMILES string of the molecule is OCC1CCN(c2ccc(N=CC3C=NCc4ccc(I)cc43)cc2)CC1. The minimum atomic E-state index is 0.139. The van der Waals surface area contributed by atoms with E-state index in [1.54, 1.807) is 0 Å². The first-order chi connectivity index (χ1) is 13.2. The Hall–Kier alpha value is -1.73.